The number of aromatic hydroxyl groups is 1. The predicted octanol–water partition coefficient (Wildman–Crippen LogP) is 0.809. The van der Waals surface area contributed by atoms with Gasteiger partial charge in [-0.15, -0.1) is 10.2 Å². The fraction of sp³-hybridized carbons (Fsp3) is 0. The topological polar surface area (TPSA) is 158 Å². The molecular formula is C12H6N8O. The minimum atomic E-state index is -0.387. The number of nitrogens with one attached hydrogen (secondary N) is 2. The Labute approximate surface area is 118 Å². The van der Waals surface area contributed by atoms with Crippen LogP contribution in [-0.4, -0.2) is 25.7 Å². The molecule has 9 heteroatoms. The van der Waals surface area contributed by atoms with Gasteiger partial charge in [-0.25, -0.2) is 0 Å². The van der Waals surface area contributed by atoms with E-state index in [0.717, 1.165) is 0 Å². The van der Waals surface area contributed by atoms with Crippen LogP contribution in [0.15, 0.2) is 29.5 Å². The van der Waals surface area contributed by atoms with Crippen molar-refractivity contribution in [3.05, 3.63) is 29.5 Å². The van der Waals surface area contributed by atoms with Crippen LogP contribution in [0.4, 0.5) is 5.69 Å². The molecule has 0 bridgehead atoms. The molecule has 9 nitrogen and oxygen atoms in total. The fourth-order valence-electron chi connectivity index (χ4n) is 1.48. The van der Waals surface area contributed by atoms with Crippen LogP contribution in [0, 0.1) is 34.0 Å². The third kappa shape index (κ3) is 2.75. The number of rotatable bonds is 3. The Hall–Kier alpha value is -3.90. The van der Waals surface area contributed by atoms with Crippen LogP contribution >= 0.6 is 0 Å². The molecule has 0 spiro atoms. The summed E-state index contributed by atoms with van der Waals surface area (Å²) in [5.41, 5.74) is 0.0103. The van der Waals surface area contributed by atoms with Crippen molar-refractivity contribution >= 4 is 5.69 Å². The van der Waals surface area contributed by atoms with Gasteiger partial charge in [-0.3, -0.25) is 0 Å². The average Bonchev–Trinajstić information content (AvgIpc) is 3.03. The molecule has 0 aliphatic carbocycles. The van der Waals surface area contributed by atoms with Crippen LogP contribution in [0.2, 0.25) is 0 Å². The summed E-state index contributed by atoms with van der Waals surface area (Å²) in [6.45, 7) is 0. The van der Waals surface area contributed by atoms with Gasteiger partial charge in [0.1, 0.15) is 29.7 Å². The zero-order chi connectivity index (χ0) is 15.2. The molecule has 0 fully saturated rings. The van der Waals surface area contributed by atoms with Gasteiger partial charge < -0.3 is 10.4 Å². The minimum absolute atomic E-state index is 0.136. The SMILES string of the molecule is N#CC(C#N)=C(C#N)Nc1cc(-c2nn[nH]n2)ccc1O. The highest BCUT2D eigenvalue weighted by molar-refractivity contribution is 5.70. The average molecular weight is 278 g/mol. The van der Waals surface area contributed by atoms with Crippen molar-refractivity contribution in [3.8, 4) is 35.3 Å². The largest absolute Gasteiger partial charge is 0.506 e. The molecular weight excluding hydrogens is 272 g/mol. The number of aromatic amines is 1. The van der Waals surface area contributed by atoms with Crippen LogP contribution in [0.25, 0.3) is 11.4 Å². The van der Waals surface area contributed by atoms with E-state index in [1.54, 1.807) is 24.3 Å². The Morgan fingerprint density at radius 3 is 2.52 bits per heavy atom. The Balaban J connectivity index is 2.44. The molecule has 0 saturated carbocycles. The number of tetrazole rings is 1. The van der Waals surface area contributed by atoms with E-state index >= 15 is 0 Å². The number of anilines is 1. The van der Waals surface area contributed by atoms with E-state index in [1.165, 1.54) is 12.1 Å². The molecule has 100 valence electrons. The van der Waals surface area contributed by atoms with Crippen LogP contribution < -0.4 is 5.32 Å². The number of H-pyrrole nitrogens is 1. The van der Waals surface area contributed by atoms with Gasteiger partial charge in [0.2, 0.25) is 5.82 Å². The molecule has 0 unspecified atom stereocenters. The molecule has 0 saturated heterocycles. The Bertz CT molecular complexity index is 800. The van der Waals surface area contributed by atoms with Crippen molar-refractivity contribution in [3.63, 3.8) is 0 Å². The van der Waals surface area contributed by atoms with Gasteiger partial charge in [-0.1, -0.05) is 0 Å². The van der Waals surface area contributed by atoms with Crippen molar-refractivity contribution in [1.82, 2.24) is 20.6 Å². The molecule has 1 aromatic heterocycles. The van der Waals surface area contributed by atoms with E-state index in [-0.39, 0.29) is 22.7 Å². The summed E-state index contributed by atoms with van der Waals surface area (Å²) < 4.78 is 0. The summed E-state index contributed by atoms with van der Waals surface area (Å²) in [6, 6.07) is 9.27. The smallest absolute Gasteiger partial charge is 0.204 e. The number of nitriles is 3. The first-order chi connectivity index (χ1) is 10.2. The molecule has 0 radical (unpaired) electrons. The number of hydrogen-bond acceptors (Lipinski definition) is 8. The highest BCUT2D eigenvalue weighted by atomic mass is 16.3. The zero-order valence-electron chi connectivity index (χ0n) is 10.4. The van der Waals surface area contributed by atoms with Gasteiger partial charge in [0.15, 0.2) is 5.57 Å². The van der Waals surface area contributed by atoms with E-state index in [4.69, 9.17) is 15.8 Å². The maximum atomic E-state index is 9.78. The Morgan fingerprint density at radius 2 is 1.95 bits per heavy atom. The summed E-state index contributed by atoms with van der Waals surface area (Å²) in [4.78, 5) is 0. The lowest BCUT2D eigenvalue weighted by atomic mass is 10.1. The van der Waals surface area contributed by atoms with E-state index in [0.29, 0.717) is 11.4 Å². The van der Waals surface area contributed by atoms with E-state index in [2.05, 4.69) is 25.9 Å². The second-order valence-electron chi connectivity index (χ2n) is 3.68. The standard InChI is InChI=1S/C12H6N8O/c13-4-8(5-14)10(6-15)16-9-3-7(1-2-11(9)21)12-17-19-20-18-12/h1-3,16,21H,(H,17,18,19,20). The second kappa shape index (κ2) is 5.83. The van der Waals surface area contributed by atoms with Crippen molar-refractivity contribution in [2.75, 3.05) is 5.32 Å². The maximum Gasteiger partial charge on any atom is 0.204 e. The summed E-state index contributed by atoms with van der Waals surface area (Å²) in [7, 11) is 0. The van der Waals surface area contributed by atoms with Crippen molar-refractivity contribution in [1.29, 1.82) is 15.8 Å². The van der Waals surface area contributed by atoms with Crippen molar-refractivity contribution in [2.24, 2.45) is 0 Å². The van der Waals surface area contributed by atoms with E-state index in [9.17, 15) is 5.11 Å². The maximum absolute atomic E-state index is 9.78. The number of phenols is 1. The summed E-state index contributed by atoms with van der Waals surface area (Å²) in [5.74, 6) is 0.131. The molecule has 3 N–H and O–H groups in total. The fourth-order valence-corrected chi connectivity index (χ4v) is 1.48. The van der Waals surface area contributed by atoms with Gasteiger partial charge in [0, 0.05) is 5.56 Å². The molecule has 21 heavy (non-hydrogen) atoms. The highest BCUT2D eigenvalue weighted by Gasteiger charge is 2.11. The van der Waals surface area contributed by atoms with Crippen LogP contribution in [0.3, 0.4) is 0 Å². The minimum Gasteiger partial charge on any atom is -0.506 e. The molecule has 1 aromatic carbocycles. The highest BCUT2D eigenvalue weighted by Crippen LogP contribution is 2.29. The second-order valence-corrected chi connectivity index (χ2v) is 3.68. The van der Waals surface area contributed by atoms with E-state index in [1.807, 2.05) is 0 Å². The molecule has 0 aliphatic rings. The summed E-state index contributed by atoms with van der Waals surface area (Å²) in [6.07, 6.45) is 0. The molecule has 0 aliphatic heterocycles. The normalized spacial score (nSPS) is 9.00. The quantitative estimate of drug-likeness (QED) is 0.549. The third-order valence-corrected chi connectivity index (χ3v) is 2.45. The van der Waals surface area contributed by atoms with Gasteiger partial charge in [-0.05, 0) is 23.4 Å². The summed E-state index contributed by atoms with van der Waals surface area (Å²) in [5, 5.41) is 52.1. The molecule has 0 atom stereocenters. The van der Waals surface area contributed by atoms with Gasteiger partial charge >= 0.3 is 0 Å². The van der Waals surface area contributed by atoms with Crippen molar-refractivity contribution < 1.29 is 5.11 Å². The number of nitrogens with zero attached hydrogens (tertiary/aromatic N) is 6. The monoisotopic (exact) mass is 278 g/mol. The molecule has 0 amide bonds. The van der Waals surface area contributed by atoms with Gasteiger partial charge in [0.25, 0.3) is 0 Å². The molecule has 2 rings (SSSR count). The Morgan fingerprint density at radius 1 is 1.19 bits per heavy atom. The number of hydrogen-bond donors (Lipinski definition) is 3. The Kier molecular flexibility index (Phi) is 3.75. The zero-order valence-corrected chi connectivity index (χ0v) is 10.4. The molecule has 1 heterocycles. The predicted molar refractivity (Wildman–Crippen MR) is 68.8 cm³/mol. The van der Waals surface area contributed by atoms with Crippen LogP contribution in [0.5, 0.6) is 5.75 Å². The lowest BCUT2D eigenvalue weighted by Gasteiger charge is -2.08. The first-order valence-corrected chi connectivity index (χ1v) is 5.48. The summed E-state index contributed by atoms with van der Waals surface area (Å²) >= 11 is 0. The first kappa shape index (κ1) is 13.5. The number of aromatic nitrogens is 4. The first-order valence-electron chi connectivity index (χ1n) is 5.48. The van der Waals surface area contributed by atoms with Crippen LogP contribution in [-0.2, 0) is 0 Å². The molecule has 2 aromatic rings. The number of benzene rings is 1. The lowest BCUT2D eigenvalue weighted by molar-refractivity contribution is 0.477. The van der Waals surface area contributed by atoms with Gasteiger partial charge in [-0.2, -0.15) is 21.0 Å². The van der Waals surface area contributed by atoms with Crippen molar-refractivity contribution in [2.45, 2.75) is 0 Å². The number of allylic oxidation sites excluding steroid dienone is 2. The third-order valence-electron chi connectivity index (χ3n) is 2.45. The van der Waals surface area contributed by atoms with Gasteiger partial charge in [0.05, 0.1) is 5.69 Å². The van der Waals surface area contributed by atoms with Crippen LogP contribution in [0.1, 0.15) is 0 Å². The lowest BCUT2D eigenvalue weighted by Crippen LogP contribution is -2.01. The number of phenolic OH excluding ortho intramolecular Hbond substituents is 1. The van der Waals surface area contributed by atoms with E-state index < -0.39 is 0 Å².